The number of non-ortho nitro benzene ring substituents is 1. The zero-order valence-electron chi connectivity index (χ0n) is 24.6. The maximum atomic E-state index is 11.6. The molecule has 0 atom stereocenters. The Kier molecular flexibility index (Phi) is 7.08. The Morgan fingerprint density at radius 2 is 1.09 bits per heavy atom. The number of hydrogen-bond donors (Lipinski definition) is 2. The van der Waals surface area contributed by atoms with Gasteiger partial charge in [-0.2, -0.15) is 0 Å². The first-order valence-electron chi connectivity index (χ1n) is 14.9. The van der Waals surface area contributed by atoms with Gasteiger partial charge in [-0.3, -0.25) is 10.1 Å². The van der Waals surface area contributed by atoms with Crippen molar-refractivity contribution < 1.29 is 9.66 Å². The van der Waals surface area contributed by atoms with E-state index in [1.807, 2.05) is 85.0 Å². The smallest absolute Gasteiger partial charge is 0.273 e. The number of nitrogens with zero attached hydrogens (tertiary/aromatic N) is 3. The van der Waals surface area contributed by atoms with Gasteiger partial charge in [0.25, 0.3) is 5.69 Å². The summed E-state index contributed by atoms with van der Waals surface area (Å²) >= 11 is 3.80. The number of fused-ring (bicyclic) bond motifs is 8. The second-order valence-corrected chi connectivity index (χ2v) is 11.8. The Morgan fingerprint density at radius 3 is 1.60 bits per heavy atom. The van der Waals surface area contributed by atoms with Crippen LogP contribution in [0.3, 0.4) is 0 Å². The second-order valence-electron chi connectivity index (χ2n) is 11.0. The van der Waals surface area contributed by atoms with Crippen LogP contribution in [0.25, 0.3) is 68.6 Å². The molecule has 8 rings (SSSR count). The Bertz CT molecular complexity index is 2290. The minimum absolute atomic E-state index is 0.0609. The van der Waals surface area contributed by atoms with Crippen LogP contribution in [0.15, 0.2) is 114 Å². The van der Waals surface area contributed by atoms with Crippen LogP contribution >= 0.6 is 15.9 Å². The van der Waals surface area contributed by atoms with Crippen molar-refractivity contribution in [2.75, 3.05) is 0 Å². The SMILES string of the molecule is O=[N+]([O-])c1cccc(Oc2c3ccc([nH]3)c(-c3ccccc3)c3nc(c(Br)c4nc(c(-c5ccccc5)c5ccc2[nH]5)C=C4)C=C3)c1. The predicted molar refractivity (Wildman–Crippen MR) is 191 cm³/mol. The van der Waals surface area contributed by atoms with Gasteiger partial charge in [0.15, 0.2) is 5.75 Å². The van der Waals surface area contributed by atoms with Crippen molar-refractivity contribution in [3.05, 3.63) is 147 Å². The second kappa shape index (κ2) is 11.7. The lowest BCUT2D eigenvalue weighted by atomic mass is 10.0. The van der Waals surface area contributed by atoms with Gasteiger partial charge in [0, 0.05) is 28.2 Å². The molecule has 2 N–H and O–H groups in total. The van der Waals surface area contributed by atoms with Crippen LogP contribution in [-0.4, -0.2) is 24.9 Å². The molecule has 8 nitrogen and oxygen atoms in total. The molecule has 0 saturated heterocycles. The summed E-state index contributed by atoms with van der Waals surface area (Å²) in [7, 11) is 0. The van der Waals surface area contributed by atoms with E-state index in [2.05, 4.69) is 50.2 Å². The lowest BCUT2D eigenvalue weighted by Gasteiger charge is -2.07. The summed E-state index contributed by atoms with van der Waals surface area (Å²) in [5, 5.41) is 11.6. The number of aromatic nitrogens is 4. The van der Waals surface area contributed by atoms with Gasteiger partial charge >= 0.3 is 0 Å². The molecule has 0 saturated carbocycles. The van der Waals surface area contributed by atoms with Crippen molar-refractivity contribution in [1.29, 1.82) is 0 Å². The van der Waals surface area contributed by atoms with Gasteiger partial charge in [-0.1, -0.05) is 66.7 Å². The van der Waals surface area contributed by atoms with Gasteiger partial charge in [-0.05, 0) is 81.7 Å². The quantitative estimate of drug-likeness (QED) is 0.139. The standard InChI is InChI=1S/C38H24BrN5O3/c39-37-31-18-14-27(40-31)35(23-8-3-1-4-9-23)29-16-20-33(42-29)38(47-26-13-7-12-25(22-26)44(45)46)34-21-17-30(43-34)36(24-10-5-2-6-11-24)28-15-19-32(37)41-28/h1-22,42-43H. The van der Waals surface area contributed by atoms with E-state index in [9.17, 15) is 10.1 Å². The van der Waals surface area contributed by atoms with Gasteiger partial charge in [0.05, 0.1) is 49.3 Å². The molecule has 0 radical (unpaired) electrons. The maximum absolute atomic E-state index is 11.6. The molecule has 2 aliphatic rings. The lowest BCUT2D eigenvalue weighted by Crippen LogP contribution is -1.90. The first-order valence-corrected chi connectivity index (χ1v) is 15.7. The number of halogens is 1. The minimum Gasteiger partial charge on any atom is -0.453 e. The van der Waals surface area contributed by atoms with E-state index >= 15 is 0 Å². The van der Waals surface area contributed by atoms with Crippen molar-refractivity contribution in [2.24, 2.45) is 0 Å². The highest BCUT2D eigenvalue weighted by Gasteiger charge is 2.18. The molecule has 3 aromatic carbocycles. The van der Waals surface area contributed by atoms with Gasteiger partial charge in [-0.25, -0.2) is 9.97 Å². The molecular weight excluding hydrogens is 654 g/mol. The topological polar surface area (TPSA) is 110 Å². The van der Waals surface area contributed by atoms with Crippen molar-refractivity contribution in [1.82, 2.24) is 19.9 Å². The first kappa shape index (κ1) is 28.4. The predicted octanol–water partition coefficient (Wildman–Crippen LogP) is 10.5. The highest BCUT2D eigenvalue weighted by Crippen LogP contribution is 2.37. The summed E-state index contributed by atoms with van der Waals surface area (Å²) in [6, 6.07) is 34.2. The fourth-order valence-electron chi connectivity index (χ4n) is 5.85. The molecule has 5 heterocycles. The molecule has 0 spiro atoms. The van der Waals surface area contributed by atoms with E-state index in [0.717, 1.165) is 60.5 Å². The highest BCUT2D eigenvalue weighted by molar-refractivity contribution is 9.10. The van der Waals surface area contributed by atoms with Crippen molar-refractivity contribution in [3.63, 3.8) is 0 Å². The van der Waals surface area contributed by atoms with E-state index in [1.54, 1.807) is 12.1 Å². The first-order chi connectivity index (χ1) is 23.0. The molecular formula is C38H24BrN5O3. The third-order valence-electron chi connectivity index (χ3n) is 8.02. The highest BCUT2D eigenvalue weighted by atomic mass is 79.9. The summed E-state index contributed by atoms with van der Waals surface area (Å²) in [6.07, 6.45) is 7.98. The number of rotatable bonds is 5. The number of hydrogen-bond acceptors (Lipinski definition) is 5. The van der Waals surface area contributed by atoms with Crippen LogP contribution in [0, 0.1) is 10.1 Å². The molecule has 3 aromatic heterocycles. The van der Waals surface area contributed by atoms with E-state index in [1.165, 1.54) is 12.1 Å². The molecule has 9 heteroatoms. The van der Waals surface area contributed by atoms with Gasteiger partial charge < -0.3 is 14.7 Å². The Hall–Kier alpha value is -6.06. The number of aromatic amines is 2. The Labute approximate surface area is 277 Å². The van der Waals surface area contributed by atoms with Crippen LogP contribution in [0.5, 0.6) is 11.5 Å². The fraction of sp³-hybridized carbons (Fsp3) is 0. The van der Waals surface area contributed by atoms with Gasteiger partial charge in [0.2, 0.25) is 0 Å². The summed E-state index contributed by atoms with van der Waals surface area (Å²) < 4.78 is 7.28. The average Bonchev–Trinajstić information content (AvgIpc) is 3.93. The largest absolute Gasteiger partial charge is 0.453 e. The zero-order chi connectivity index (χ0) is 31.9. The molecule has 47 heavy (non-hydrogen) atoms. The number of benzene rings is 3. The number of H-pyrrole nitrogens is 2. The van der Waals surface area contributed by atoms with Crippen LogP contribution in [0.1, 0.15) is 22.8 Å². The molecule has 6 aromatic rings. The molecule has 0 fully saturated rings. The zero-order valence-corrected chi connectivity index (χ0v) is 26.2. The monoisotopic (exact) mass is 677 g/mol. The third-order valence-corrected chi connectivity index (χ3v) is 8.83. The van der Waals surface area contributed by atoms with E-state index in [4.69, 9.17) is 14.7 Å². The summed E-state index contributed by atoms with van der Waals surface area (Å²) in [5.74, 6) is 0.804. The van der Waals surface area contributed by atoms with E-state index in [0.29, 0.717) is 22.5 Å². The van der Waals surface area contributed by atoms with Crippen LogP contribution < -0.4 is 4.74 Å². The number of nitrogens with one attached hydrogen (secondary N) is 2. The molecule has 0 aliphatic carbocycles. The number of ether oxygens (including phenoxy) is 1. The average molecular weight is 679 g/mol. The molecule has 0 amide bonds. The van der Waals surface area contributed by atoms with E-state index in [-0.39, 0.29) is 5.69 Å². The Balaban J connectivity index is 1.50. The summed E-state index contributed by atoms with van der Waals surface area (Å²) in [6.45, 7) is 0. The summed E-state index contributed by atoms with van der Waals surface area (Å²) in [5.41, 5.74) is 9.85. The Morgan fingerprint density at radius 1 is 0.596 bits per heavy atom. The van der Waals surface area contributed by atoms with Crippen LogP contribution in [-0.2, 0) is 0 Å². The number of nitro groups is 1. The molecule has 2 aliphatic heterocycles. The fourth-order valence-corrected chi connectivity index (χ4v) is 6.29. The molecule has 0 unspecified atom stereocenters. The minimum atomic E-state index is -0.434. The van der Waals surface area contributed by atoms with Crippen molar-refractivity contribution in [3.8, 4) is 33.8 Å². The van der Waals surface area contributed by atoms with Gasteiger partial charge in [0.1, 0.15) is 5.75 Å². The van der Waals surface area contributed by atoms with Crippen molar-refractivity contribution in [2.45, 2.75) is 0 Å². The number of nitro benzene ring substituents is 1. The third kappa shape index (κ3) is 5.32. The molecule has 8 bridgehead atoms. The lowest BCUT2D eigenvalue weighted by molar-refractivity contribution is -0.384. The maximum Gasteiger partial charge on any atom is 0.273 e. The van der Waals surface area contributed by atoms with E-state index < -0.39 is 4.92 Å². The van der Waals surface area contributed by atoms with Crippen LogP contribution in [0.2, 0.25) is 0 Å². The molecule has 226 valence electrons. The van der Waals surface area contributed by atoms with Crippen LogP contribution in [0.4, 0.5) is 5.69 Å². The van der Waals surface area contributed by atoms with Gasteiger partial charge in [-0.15, -0.1) is 0 Å². The summed E-state index contributed by atoms with van der Waals surface area (Å²) in [4.78, 5) is 28.4. The normalized spacial score (nSPS) is 11.9. The van der Waals surface area contributed by atoms with Crippen molar-refractivity contribution >= 4 is 68.0 Å².